The van der Waals surface area contributed by atoms with Crippen molar-refractivity contribution in [1.29, 1.82) is 0 Å². The van der Waals surface area contributed by atoms with Crippen LogP contribution in [0.15, 0.2) is 18.2 Å². The summed E-state index contributed by atoms with van der Waals surface area (Å²) in [7, 11) is 0. The molecule has 0 unspecified atom stereocenters. The molecule has 0 fully saturated rings. The summed E-state index contributed by atoms with van der Waals surface area (Å²) >= 11 is 0. The second-order valence-electron chi connectivity index (χ2n) is 3.02. The molecule has 1 aromatic rings. The number of hydrogen-bond donors (Lipinski definition) is 2. The number of aryl methyl sites for hydroxylation is 1. The van der Waals surface area contributed by atoms with Gasteiger partial charge >= 0.3 is 12.2 Å². The van der Waals surface area contributed by atoms with E-state index in [1.807, 2.05) is 0 Å². The summed E-state index contributed by atoms with van der Waals surface area (Å²) < 4.78 is 37.0. The van der Waals surface area contributed by atoms with E-state index in [-0.39, 0.29) is 11.3 Å². The van der Waals surface area contributed by atoms with E-state index in [0.717, 1.165) is 12.1 Å². The lowest BCUT2D eigenvalue weighted by Gasteiger charge is -2.11. The van der Waals surface area contributed by atoms with Crippen LogP contribution in [-0.2, 0) is 6.18 Å². The molecule has 3 N–H and O–H groups in total. The van der Waals surface area contributed by atoms with Gasteiger partial charge in [-0.25, -0.2) is 4.79 Å². The molecule has 0 bridgehead atoms. The van der Waals surface area contributed by atoms with E-state index < -0.39 is 17.8 Å². The second-order valence-corrected chi connectivity index (χ2v) is 3.02. The maximum Gasteiger partial charge on any atom is 0.416 e. The van der Waals surface area contributed by atoms with Crippen LogP contribution in [-0.4, -0.2) is 6.03 Å². The zero-order valence-electron chi connectivity index (χ0n) is 7.85. The number of nitrogens with two attached hydrogens (primary N) is 1. The molecule has 0 saturated carbocycles. The van der Waals surface area contributed by atoms with Crippen molar-refractivity contribution in [3.05, 3.63) is 29.3 Å². The summed E-state index contributed by atoms with van der Waals surface area (Å²) in [5.74, 6) is 0. The first kappa shape index (κ1) is 11.4. The van der Waals surface area contributed by atoms with E-state index in [9.17, 15) is 18.0 Å². The fraction of sp³-hybridized carbons (Fsp3) is 0.222. The van der Waals surface area contributed by atoms with E-state index in [1.165, 1.54) is 13.0 Å². The molecule has 1 rings (SSSR count). The molecule has 0 saturated heterocycles. The lowest BCUT2D eigenvalue weighted by molar-refractivity contribution is -0.138. The van der Waals surface area contributed by atoms with Gasteiger partial charge in [-0.2, -0.15) is 13.2 Å². The number of primary amides is 1. The molecular weight excluding hydrogens is 209 g/mol. The lowest BCUT2D eigenvalue weighted by atomic mass is 10.1. The van der Waals surface area contributed by atoms with Crippen LogP contribution in [0.5, 0.6) is 0 Å². The van der Waals surface area contributed by atoms with Crippen molar-refractivity contribution in [2.75, 3.05) is 5.32 Å². The minimum absolute atomic E-state index is 0.0359. The molecule has 82 valence electrons. The Morgan fingerprint density at radius 1 is 1.40 bits per heavy atom. The van der Waals surface area contributed by atoms with Crippen LogP contribution in [0.25, 0.3) is 0 Å². The van der Waals surface area contributed by atoms with Crippen molar-refractivity contribution in [3.8, 4) is 0 Å². The summed E-state index contributed by atoms with van der Waals surface area (Å²) in [5, 5.41) is 2.20. The molecule has 0 atom stereocenters. The highest BCUT2D eigenvalue weighted by molar-refractivity contribution is 5.87. The molecule has 0 aliphatic rings. The van der Waals surface area contributed by atoms with Crippen molar-refractivity contribution >= 4 is 11.7 Å². The maximum absolute atomic E-state index is 12.3. The Balaban J connectivity index is 3.04. The van der Waals surface area contributed by atoms with E-state index in [2.05, 4.69) is 5.32 Å². The smallest absolute Gasteiger partial charge is 0.351 e. The Kier molecular flexibility index (Phi) is 2.88. The molecule has 0 aliphatic carbocycles. The second kappa shape index (κ2) is 3.80. The Morgan fingerprint density at radius 3 is 2.40 bits per heavy atom. The van der Waals surface area contributed by atoms with E-state index in [4.69, 9.17) is 5.73 Å². The van der Waals surface area contributed by atoms with Crippen LogP contribution in [0, 0.1) is 6.92 Å². The van der Waals surface area contributed by atoms with Gasteiger partial charge in [-0.3, -0.25) is 0 Å². The summed E-state index contributed by atoms with van der Waals surface area (Å²) in [4.78, 5) is 10.5. The van der Waals surface area contributed by atoms with E-state index in [1.54, 1.807) is 0 Å². The number of benzene rings is 1. The van der Waals surface area contributed by atoms with Crippen LogP contribution in [0.1, 0.15) is 11.1 Å². The van der Waals surface area contributed by atoms with Gasteiger partial charge in [0.15, 0.2) is 0 Å². The van der Waals surface area contributed by atoms with Crippen LogP contribution in [0.3, 0.4) is 0 Å². The van der Waals surface area contributed by atoms with E-state index in [0.29, 0.717) is 0 Å². The minimum Gasteiger partial charge on any atom is -0.351 e. The third-order valence-electron chi connectivity index (χ3n) is 1.80. The zero-order chi connectivity index (χ0) is 11.6. The quantitative estimate of drug-likeness (QED) is 0.747. The Hall–Kier alpha value is -1.72. The highest BCUT2D eigenvalue weighted by Crippen LogP contribution is 2.32. The molecule has 15 heavy (non-hydrogen) atoms. The van der Waals surface area contributed by atoms with Crippen molar-refractivity contribution in [2.24, 2.45) is 5.73 Å². The van der Waals surface area contributed by atoms with Crippen LogP contribution >= 0.6 is 0 Å². The van der Waals surface area contributed by atoms with Crippen LogP contribution < -0.4 is 11.1 Å². The molecular formula is C9H9F3N2O. The minimum atomic E-state index is -4.38. The SMILES string of the molecule is Cc1cc(NC(N)=O)ccc1C(F)(F)F. The van der Waals surface area contributed by atoms with Crippen molar-refractivity contribution in [1.82, 2.24) is 0 Å². The van der Waals surface area contributed by atoms with Gasteiger partial charge in [-0.1, -0.05) is 0 Å². The fourth-order valence-corrected chi connectivity index (χ4v) is 1.20. The molecule has 6 heteroatoms. The molecule has 1 aromatic carbocycles. The van der Waals surface area contributed by atoms with Gasteiger partial charge in [0.25, 0.3) is 0 Å². The Bertz CT molecular complexity index is 387. The monoisotopic (exact) mass is 218 g/mol. The molecule has 0 spiro atoms. The van der Waals surface area contributed by atoms with Gasteiger partial charge in [-0.15, -0.1) is 0 Å². The van der Waals surface area contributed by atoms with E-state index >= 15 is 0 Å². The number of urea groups is 1. The van der Waals surface area contributed by atoms with Gasteiger partial charge in [0, 0.05) is 5.69 Å². The van der Waals surface area contributed by atoms with Gasteiger partial charge in [-0.05, 0) is 30.7 Å². The first-order valence-electron chi connectivity index (χ1n) is 4.05. The lowest BCUT2D eigenvalue weighted by Crippen LogP contribution is -2.19. The maximum atomic E-state index is 12.3. The third-order valence-corrected chi connectivity index (χ3v) is 1.80. The third kappa shape index (κ3) is 2.87. The number of anilines is 1. The molecule has 0 radical (unpaired) electrons. The Labute approximate surface area is 84.1 Å². The summed E-state index contributed by atoms with van der Waals surface area (Å²) in [6.07, 6.45) is -4.38. The number of alkyl halides is 3. The summed E-state index contributed by atoms with van der Waals surface area (Å²) in [5.41, 5.74) is 4.38. The number of halogens is 3. The van der Waals surface area contributed by atoms with Crippen molar-refractivity contribution < 1.29 is 18.0 Å². The molecule has 0 aliphatic heterocycles. The van der Waals surface area contributed by atoms with Crippen molar-refractivity contribution in [3.63, 3.8) is 0 Å². The van der Waals surface area contributed by atoms with Gasteiger partial charge in [0.1, 0.15) is 0 Å². The summed E-state index contributed by atoms with van der Waals surface area (Å²) in [6.45, 7) is 1.31. The predicted octanol–water partition coefficient (Wildman–Crippen LogP) is 2.50. The number of carbonyl (C=O) groups is 1. The predicted molar refractivity (Wildman–Crippen MR) is 49.4 cm³/mol. The topological polar surface area (TPSA) is 55.1 Å². The molecule has 3 nitrogen and oxygen atoms in total. The number of rotatable bonds is 1. The molecule has 0 aromatic heterocycles. The van der Waals surface area contributed by atoms with Gasteiger partial charge in [0.05, 0.1) is 5.56 Å². The first-order chi connectivity index (χ1) is 6.80. The van der Waals surface area contributed by atoms with Gasteiger partial charge < -0.3 is 11.1 Å². The fourth-order valence-electron chi connectivity index (χ4n) is 1.20. The average Bonchev–Trinajstić information content (AvgIpc) is 1.99. The van der Waals surface area contributed by atoms with Crippen LogP contribution in [0.4, 0.5) is 23.7 Å². The largest absolute Gasteiger partial charge is 0.416 e. The summed E-state index contributed by atoms with van der Waals surface area (Å²) in [6, 6.07) is 2.46. The highest BCUT2D eigenvalue weighted by atomic mass is 19.4. The zero-order valence-corrected chi connectivity index (χ0v) is 7.85. The van der Waals surface area contributed by atoms with Crippen LogP contribution in [0.2, 0.25) is 0 Å². The van der Waals surface area contributed by atoms with Crippen molar-refractivity contribution in [2.45, 2.75) is 13.1 Å². The number of nitrogens with one attached hydrogen (secondary N) is 1. The number of hydrogen-bond acceptors (Lipinski definition) is 1. The van der Waals surface area contributed by atoms with Gasteiger partial charge in [0.2, 0.25) is 0 Å². The molecule has 0 heterocycles. The highest BCUT2D eigenvalue weighted by Gasteiger charge is 2.32. The standard InChI is InChI=1S/C9H9F3N2O/c1-5-4-6(14-8(13)15)2-3-7(5)9(10,11)12/h2-4H,1H3,(H3,13,14,15). The average molecular weight is 218 g/mol. The normalized spacial score (nSPS) is 11.2. The number of amides is 2. The number of carbonyl (C=O) groups excluding carboxylic acids is 1. The Morgan fingerprint density at radius 2 is 2.00 bits per heavy atom. The molecule has 2 amide bonds. The first-order valence-corrected chi connectivity index (χ1v) is 4.05.